The molecule has 0 aromatic heterocycles. The number of imide groups is 1. The molecule has 3 aromatic rings. The van der Waals surface area contributed by atoms with Crippen LogP contribution < -0.4 is 4.90 Å². The van der Waals surface area contributed by atoms with Gasteiger partial charge in [0.15, 0.2) is 0 Å². The van der Waals surface area contributed by atoms with Gasteiger partial charge in [0.1, 0.15) is 6.04 Å². The minimum Gasteiger partial charge on any atom is -0.325 e. The molecule has 0 spiro atoms. The smallest absolute Gasteiger partial charge is 0.257 e. The fraction of sp³-hybridized carbons (Fsp3) is 0.154. The van der Waals surface area contributed by atoms with Gasteiger partial charge >= 0.3 is 0 Å². The standard InChI is InChI=1S/C26H20ClN3O3/c27-22-9-5-4-8-20(22)17-29(24(31)14-18-6-2-1-3-7-18)23-15-25(32)30(26(23)33)21-12-10-19(16-28)11-13-21/h1-13,23H,14-15,17H2. The number of halogens is 1. The molecule has 1 heterocycles. The summed E-state index contributed by atoms with van der Waals surface area (Å²) in [6, 6.07) is 23.6. The summed E-state index contributed by atoms with van der Waals surface area (Å²) in [5.41, 5.74) is 2.30. The first-order valence-corrected chi connectivity index (χ1v) is 10.8. The summed E-state index contributed by atoms with van der Waals surface area (Å²) in [6.45, 7) is 0.107. The molecule has 164 valence electrons. The van der Waals surface area contributed by atoms with Crippen LogP contribution in [0.1, 0.15) is 23.1 Å². The summed E-state index contributed by atoms with van der Waals surface area (Å²) in [7, 11) is 0. The number of hydrogen-bond acceptors (Lipinski definition) is 4. The lowest BCUT2D eigenvalue weighted by Gasteiger charge is -2.28. The number of rotatable bonds is 6. The topological polar surface area (TPSA) is 81.5 Å². The van der Waals surface area contributed by atoms with Crippen LogP contribution in [0.4, 0.5) is 5.69 Å². The maximum Gasteiger partial charge on any atom is 0.257 e. The van der Waals surface area contributed by atoms with E-state index in [9.17, 15) is 14.4 Å². The van der Waals surface area contributed by atoms with Gasteiger partial charge in [0.2, 0.25) is 11.8 Å². The molecule has 1 aliphatic rings. The lowest BCUT2D eigenvalue weighted by atomic mass is 10.1. The van der Waals surface area contributed by atoms with Gasteiger partial charge in [0.05, 0.1) is 30.2 Å². The van der Waals surface area contributed by atoms with Crippen LogP contribution in [0.15, 0.2) is 78.9 Å². The molecule has 1 unspecified atom stereocenters. The third-order valence-corrected chi connectivity index (χ3v) is 5.94. The first kappa shape index (κ1) is 22.3. The second-order valence-electron chi connectivity index (χ2n) is 7.72. The first-order chi connectivity index (χ1) is 16.0. The second-order valence-corrected chi connectivity index (χ2v) is 8.13. The van der Waals surface area contributed by atoms with Crippen LogP contribution >= 0.6 is 11.6 Å². The summed E-state index contributed by atoms with van der Waals surface area (Å²) in [5, 5.41) is 9.49. The van der Waals surface area contributed by atoms with Crippen molar-refractivity contribution in [2.24, 2.45) is 0 Å². The van der Waals surface area contributed by atoms with Gasteiger partial charge in [-0.25, -0.2) is 4.90 Å². The zero-order valence-electron chi connectivity index (χ0n) is 17.6. The molecule has 0 saturated carbocycles. The van der Waals surface area contributed by atoms with Crippen molar-refractivity contribution in [2.75, 3.05) is 4.90 Å². The van der Waals surface area contributed by atoms with Gasteiger partial charge < -0.3 is 4.90 Å². The first-order valence-electron chi connectivity index (χ1n) is 10.4. The quantitative estimate of drug-likeness (QED) is 0.521. The number of nitriles is 1. The molecule has 1 saturated heterocycles. The molecule has 0 N–H and O–H groups in total. The van der Waals surface area contributed by atoms with E-state index in [0.717, 1.165) is 10.5 Å². The van der Waals surface area contributed by atoms with Crippen molar-refractivity contribution in [3.8, 4) is 6.07 Å². The molecule has 1 atom stereocenters. The van der Waals surface area contributed by atoms with E-state index >= 15 is 0 Å². The Morgan fingerprint density at radius 3 is 2.33 bits per heavy atom. The monoisotopic (exact) mass is 457 g/mol. The van der Waals surface area contributed by atoms with Crippen molar-refractivity contribution in [1.29, 1.82) is 5.26 Å². The van der Waals surface area contributed by atoms with E-state index in [-0.39, 0.29) is 25.3 Å². The highest BCUT2D eigenvalue weighted by molar-refractivity contribution is 6.31. The second kappa shape index (κ2) is 9.68. The molecule has 3 aromatic carbocycles. The maximum atomic E-state index is 13.4. The maximum absolute atomic E-state index is 13.4. The summed E-state index contributed by atoms with van der Waals surface area (Å²) in [5.74, 6) is -1.14. The van der Waals surface area contributed by atoms with Crippen molar-refractivity contribution in [3.63, 3.8) is 0 Å². The summed E-state index contributed by atoms with van der Waals surface area (Å²) >= 11 is 6.33. The largest absolute Gasteiger partial charge is 0.325 e. The van der Waals surface area contributed by atoms with Crippen LogP contribution in [0, 0.1) is 11.3 Å². The van der Waals surface area contributed by atoms with Crippen molar-refractivity contribution < 1.29 is 14.4 Å². The molecule has 0 radical (unpaired) electrons. The SMILES string of the molecule is N#Cc1ccc(N2C(=O)CC(N(Cc3ccccc3Cl)C(=O)Cc3ccccc3)C2=O)cc1. The van der Waals surface area contributed by atoms with E-state index in [2.05, 4.69) is 0 Å². The Morgan fingerprint density at radius 2 is 1.67 bits per heavy atom. The molecule has 4 rings (SSSR count). The molecule has 33 heavy (non-hydrogen) atoms. The molecule has 0 bridgehead atoms. The summed E-state index contributed by atoms with van der Waals surface area (Å²) < 4.78 is 0. The Labute approximate surface area is 196 Å². The number of anilines is 1. The number of benzene rings is 3. The molecular weight excluding hydrogens is 438 g/mol. The van der Waals surface area contributed by atoms with Crippen LogP contribution in [0.3, 0.4) is 0 Å². The number of hydrogen-bond donors (Lipinski definition) is 0. The van der Waals surface area contributed by atoms with Crippen LogP contribution in [0.5, 0.6) is 0 Å². The Balaban J connectivity index is 1.64. The highest BCUT2D eigenvalue weighted by Crippen LogP contribution is 2.28. The Kier molecular flexibility index (Phi) is 6.53. The summed E-state index contributed by atoms with van der Waals surface area (Å²) in [4.78, 5) is 42.1. The zero-order valence-corrected chi connectivity index (χ0v) is 18.4. The molecule has 0 aliphatic carbocycles. The number of carbonyl (C=O) groups excluding carboxylic acids is 3. The number of carbonyl (C=O) groups is 3. The van der Waals surface area contributed by atoms with Gasteiger partial charge in [-0.3, -0.25) is 14.4 Å². The van der Waals surface area contributed by atoms with Gasteiger partial charge in [-0.1, -0.05) is 60.1 Å². The fourth-order valence-electron chi connectivity index (χ4n) is 3.87. The van der Waals surface area contributed by atoms with Gasteiger partial charge in [0.25, 0.3) is 5.91 Å². The van der Waals surface area contributed by atoms with Crippen LogP contribution in [0.25, 0.3) is 0 Å². The molecule has 6 nitrogen and oxygen atoms in total. The Morgan fingerprint density at radius 1 is 1.00 bits per heavy atom. The van der Waals surface area contributed by atoms with Crippen LogP contribution in [0.2, 0.25) is 5.02 Å². The van der Waals surface area contributed by atoms with E-state index in [0.29, 0.717) is 21.8 Å². The van der Waals surface area contributed by atoms with Crippen LogP contribution in [-0.4, -0.2) is 28.7 Å². The molecule has 3 amide bonds. The minimum absolute atomic E-state index is 0.0974. The third kappa shape index (κ3) is 4.79. The highest BCUT2D eigenvalue weighted by Gasteiger charge is 2.44. The Bertz CT molecular complexity index is 1240. The van der Waals surface area contributed by atoms with Crippen LogP contribution in [-0.2, 0) is 27.3 Å². The molecule has 1 aliphatic heterocycles. The predicted octanol–water partition coefficient (Wildman–Crippen LogP) is 4.12. The average Bonchev–Trinajstić information content (AvgIpc) is 3.12. The number of nitrogens with zero attached hydrogens (tertiary/aromatic N) is 3. The van der Waals surface area contributed by atoms with Gasteiger partial charge in [-0.05, 0) is 41.5 Å². The lowest BCUT2D eigenvalue weighted by molar-refractivity contribution is -0.138. The lowest BCUT2D eigenvalue weighted by Crippen LogP contribution is -2.45. The van der Waals surface area contributed by atoms with E-state index in [1.165, 1.54) is 4.90 Å². The number of amides is 3. The van der Waals surface area contributed by atoms with Crippen molar-refractivity contribution >= 4 is 35.0 Å². The van der Waals surface area contributed by atoms with E-state index < -0.39 is 17.9 Å². The fourth-order valence-corrected chi connectivity index (χ4v) is 4.07. The van der Waals surface area contributed by atoms with Gasteiger partial charge in [-0.2, -0.15) is 5.26 Å². The van der Waals surface area contributed by atoms with Crippen molar-refractivity contribution in [1.82, 2.24) is 4.90 Å². The van der Waals surface area contributed by atoms with E-state index in [4.69, 9.17) is 16.9 Å². The summed E-state index contributed by atoms with van der Waals surface area (Å²) in [6.07, 6.45) is -0.0239. The minimum atomic E-state index is -0.944. The highest BCUT2D eigenvalue weighted by atomic mass is 35.5. The van der Waals surface area contributed by atoms with Gasteiger partial charge in [-0.15, -0.1) is 0 Å². The van der Waals surface area contributed by atoms with Crippen molar-refractivity contribution in [2.45, 2.75) is 25.4 Å². The zero-order chi connectivity index (χ0) is 23.4. The average molecular weight is 458 g/mol. The molecule has 7 heteroatoms. The van der Waals surface area contributed by atoms with Crippen molar-refractivity contribution in [3.05, 3.63) is 101 Å². The van der Waals surface area contributed by atoms with Gasteiger partial charge in [0, 0.05) is 11.6 Å². The van der Waals surface area contributed by atoms with E-state index in [1.807, 2.05) is 42.5 Å². The van der Waals surface area contributed by atoms with E-state index in [1.54, 1.807) is 42.5 Å². The normalized spacial score (nSPS) is 15.4. The predicted molar refractivity (Wildman–Crippen MR) is 124 cm³/mol. The Hall–Kier alpha value is -3.95. The molecular formula is C26H20ClN3O3. The third-order valence-electron chi connectivity index (χ3n) is 5.57. The molecule has 1 fully saturated rings.